The van der Waals surface area contributed by atoms with Crippen molar-refractivity contribution in [3.63, 3.8) is 0 Å². The Morgan fingerprint density at radius 2 is 2.06 bits per heavy atom. The molecule has 16 heavy (non-hydrogen) atoms. The van der Waals surface area contributed by atoms with E-state index in [0.29, 0.717) is 6.04 Å². The van der Waals surface area contributed by atoms with Crippen molar-refractivity contribution in [1.29, 1.82) is 0 Å². The summed E-state index contributed by atoms with van der Waals surface area (Å²) >= 11 is 0. The summed E-state index contributed by atoms with van der Waals surface area (Å²) in [6, 6.07) is 0.668. The Bertz CT molecular complexity index is 230. The lowest BCUT2D eigenvalue weighted by atomic mass is 9.83. The molecule has 0 saturated carbocycles. The molecule has 1 heteroatoms. The maximum absolute atomic E-state index is 3.70. The first-order chi connectivity index (χ1) is 7.47. The molecule has 0 aromatic carbocycles. The fourth-order valence-corrected chi connectivity index (χ4v) is 3.00. The highest BCUT2D eigenvalue weighted by molar-refractivity contribution is 5.06. The first kappa shape index (κ1) is 13.8. The van der Waals surface area contributed by atoms with Crippen molar-refractivity contribution in [3.05, 3.63) is 11.6 Å². The van der Waals surface area contributed by atoms with Gasteiger partial charge in [-0.3, -0.25) is 0 Å². The molecule has 94 valence electrons. The summed E-state index contributed by atoms with van der Waals surface area (Å²) in [4.78, 5) is 0. The van der Waals surface area contributed by atoms with Gasteiger partial charge in [0.15, 0.2) is 0 Å². The van der Waals surface area contributed by atoms with E-state index in [9.17, 15) is 0 Å². The highest BCUT2D eigenvalue weighted by Crippen LogP contribution is 2.27. The van der Waals surface area contributed by atoms with Crippen molar-refractivity contribution < 1.29 is 0 Å². The van der Waals surface area contributed by atoms with Gasteiger partial charge < -0.3 is 5.32 Å². The second-order valence-corrected chi connectivity index (χ2v) is 6.24. The third-order valence-electron chi connectivity index (χ3n) is 3.46. The highest BCUT2D eigenvalue weighted by atomic mass is 14.9. The Morgan fingerprint density at radius 3 is 2.62 bits per heavy atom. The van der Waals surface area contributed by atoms with Crippen LogP contribution < -0.4 is 5.32 Å². The Labute approximate surface area is 102 Å². The average molecular weight is 223 g/mol. The van der Waals surface area contributed by atoms with E-state index < -0.39 is 0 Å². The van der Waals surface area contributed by atoms with E-state index in [1.165, 1.54) is 25.8 Å². The van der Waals surface area contributed by atoms with Crippen LogP contribution in [0.1, 0.15) is 53.9 Å². The van der Waals surface area contributed by atoms with Gasteiger partial charge >= 0.3 is 0 Å². The van der Waals surface area contributed by atoms with Crippen LogP contribution in [0.5, 0.6) is 0 Å². The molecule has 1 rings (SSSR count). The molecule has 1 aliphatic rings. The minimum Gasteiger partial charge on any atom is -0.314 e. The number of nitrogens with one attached hydrogen (secondary N) is 1. The van der Waals surface area contributed by atoms with E-state index in [4.69, 9.17) is 0 Å². The van der Waals surface area contributed by atoms with Crippen LogP contribution in [-0.4, -0.2) is 12.6 Å². The molecular formula is C15H29N. The Hall–Kier alpha value is -0.300. The van der Waals surface area contributed by atoms with Crippen molar-refractivity contribution in [2.75, 3.05) is 6.54 Å². The zero-order valence-corrected chi connectivity index (χ0v) is 11.7. The van der Waals surface area contributed by atoms with E-state index in [1.807, 2.05) is 0 Å². The summed E-state index contributed by atoms with van der Waals surface area (Å²) in [7, 11) is 0. The summed E-state index contributed by atoms with van der Waals surface area (Å²) in [5.41, 5.74) is 1.59. The van der Waals surface area contributed by atoms with Crippen molar-refractivity contribution in [1.82, 2.24) is 5.32 Å². The van der Waals surface area contributed by atoms with Gasteiger partial charge in [0.1, 0.15) is 0 Å². The van der Waals surface area contributed by atoms with Crippen LogP contribution in [-0.2, 0) is 0 Å². The molecule has 0 heterocycles. The van der Waals surface area contributed by atoms with E-state index >= 15 is 0 Å². The molecule has 1 N–H and O–H groups in total. The van der Waals surface area contributed by atoms with Crippen LogP contribution in [0.15, 0.2) is 11.6 Å². The maximum atomic E-state index is 3.70. The molecule has 3 unspecified atom stereocenters. The summed E-state index contributed by atoms with van der Waals surface area (Å²) in [6.45, 7) is 12.7. The van der Waals surface area contributed by atoms with Crippen LogP contribution in [0, 0.1) is 17.8 Å². The van der Waals surface area contributed by atoms with E-state index in [1.54, 1.807) is 5.57 Å². The first-order valence-electron chi connectivity index (χ1n) is 6.88. The summed E-state index contributed by atoms with van der Waals surface area (Å²) < 4.78 is 0. The Kier molecular flexibility index (Phi) is 5.54. The molecular weight excluding hydrogens is 194 g/mol. The maximum Gasteiger partial charge on any atom is 0.00412 e. The number of hydrogen-bond acceptors (Lipinski definition) is 1. The Morgan fingerprint density at radius 1 is 1.38 bits per heavy atom. The average Bonchev–Trinajstić information content (AvgIpc) is 2.12. The SMILES string of the molecule is CC1=CC(C)CC(CNC(C)CC(C)C)C1. The van der Waals surface area contributed by atoms with E-state index in [2.05, 4.69) is 46.0 Å². The molecule has 0 aromatic rings. The Balaban J connectivity index is 2.25. The third-order valence-corrected chi connectivity index (χ3v) is 3.46. The second-order valence-electron chi connectivity index (χ2n) is 6.24. The monoisotopic (exact) mass is 223 g/mol. The first-order valence-corrected chi connectivity index (χ1v) is 6.88. The van der Waals surface area contributed by atoms with Crippen molar-refractivity contribution in [2.45, 2.75) is 59.9 Å². The van der Waals surface area contributed by atoms with Gasteiger partial charge in [-0.05, 0) is 57.4 Å². The smallest absolute Gasteiger partial charge is 0.00412 e. The fourth-order valence-electron chi connectivity index (χ4n) is 3.00. The molecule has 0 aliphatic heterocycles. The van der Waals surface area contributed by atoms with Crippen molar-refractivity contribution >= 4 is 0 Å². The number of hydrogen-bond donors (Lipinski definition) is 1. The standard InChI is InChI=1S/C15H29N/c1-11(2)6-14(5)16-10-15-8-12(3)7-13(4)9-15/h7,11-12,14-16H,6,8-10H2,1-5H3. The summed E-state index contributed by atoms with van der Waals surface area (Å²) in [5.74, 6) is 2.44. The van der Waals surface area contributed by atoms with Gasteiger partial charge in [-0.15, -0.1) is 0 Å². The summed E-state index contributed by atoms with van der Waals surface area (Å²) in [5, 5.41) is 3.70. The molecule has 1 aliphatic carbocycles. The molecule has 0 radical (unpaired) electrons. The van der Waals surface area contributed by atoms with Crippen molar-refractivity contribution in [3.8, 4) is 0 Å². The van der Waals surface area contributed by atoms with Gasteiger partial charge in [0, 0.05) is 6.04 Å². The van der Waals surface area contributed by atoms with Gasteiger partial charge in [0.25, 0.3) is 0 Å². The van der Waals surface area contributed by atoms with Crippen LogP contribution in [0.25, 0.3) is 0 Å². The van der Waals surface area contributed by atoms with E-state index in [-0.39, 0.29) is 0 Å². The molecule has 0 amide bonds. The molecule has 0 aromatic heterocycles. The van der Waals surface area contributed by atoms with Gasteiger partial charge in [0.2, 0.25) is 0 Å². The lowest BCUT2D eigenvalue weighted by Crippen LogP contribution is -2.33. The fraction of sp³-hybridized carbons (Fsp3) is 0.867. The molecule has 3 atom stereocenters. The molecule has 0 saturated heterocycles. The van der Waals surface area contributed by atoms with Gasteiger partial charge in [-0.25, -0.2) is 0 Å². The lowest BCUT2D eigenvalue weighted by Gasteiger charge is -2.27. The quantitative estimate of drug-likeness (QED) is 0.695. The summed E-state index contributed by atoms with van der Waals surface area (Å²) in [6.07, 6.45) is 6.38. The van der Waals surface area contributed by atoms with Gasteiger partial charge in [-0.2, -0.15) is 0 Å². The van der Waals surface area contributed by atoms with Crippen LogP contribution in [0.3, 0.4) is 0 Å². The second kappa shape index (κ2) is 6.44. The zero-order chi connectivity index (χ0) is 12.1. The lowest BCUT2D eigenvalue weighted by molar-refractivity contribution is 0.347. The molecule has 1 nitrogen and oxygen atoms in total. The normalized spacial score (nSPS) is 28.0. The van der Waals surface area contributed by atoms with Crippen LogP contribution in [0.4, 0.5) is 0 Å². The third kappa shape index (κ3) is 5.16. The van der Waals surface area contributed by atoms with E-state index in [0.717, 1.165) is 17.8 Å². The van der Waals surface area contributed by atoms with Crippen molar-refractivity contribution in [2.24, 2.45) is 17.8 Å². The van der Waals surface area contributed by atoms with Crippen LogP contribution >= 0.6 is 0 Å². The minimum atomic E-state index is 0.668. The highest BCUT2D eigenvalue weighted by Gasteiger charge is 2.18. The molecule has 0 spiro atoms. The molecule has 0 bridgehead atoms. The number of rotatable bonds is 5. The largest absolute Gasteiger partial charge is 0.314 e. The van der Waals surface area contributed by atoms with Gasteiger partial charge in [0.05, 0.1) is 0 Å². The molecule has 0 fully saturated rings. The minimum absolute atomic E-state index is 0.668. The number of allylic oxidation sites excluding steroid dienone is 2. The predicted octanol–water partition coefficient (Wildman–Crippen LogP) is 4.00. The van der Waals surface area contributed by atoms with Gasteiger partial charge in [-0.1, -0.05) is 32.4 Å². The topological polar surface area (TPSA) is 12.0 Å². The predicted molar refractivity (Wildman–Crippen MR) is 72.6 cm³/mol. The van der Waals surface area contributed by atoms with Crippen LogP contribution in [0.2, 0.25) is 0 Å². The zero-order valence-electron chi connectivity index (χ0n) is 11.7.